The van der Waals surface area contributed by atoms with Gasteiger partial charge in [0.15, 0.2) is 11.7 Å². The fourth-order valence-electron chi connectivity index (χ4n) is 4.83. The van der Waals surface area contributed by atoms with Gasteiger partial charge in [-0.3, -0.25) is 4.79 Å². The minimum Gasteiger partial charge on any atom is -0.449 e. The van der Waals surface area contributed by atoms with Gasteiger partial charge in [-0.1, -0.05) is 42.5 Å². The number of carbonyl (C=O) groups is 2. The molecule has 7 heteroatoms. The topological polar surface area (TPSA) is 86.4 Å². The summed E-state index contributed by atoms with van der Waals surface area (Å²) < 4.78 is 13.7. The summed E-state index contributed by atoms with van der Waals surface area (Å²) in [6, 6.07) is 28.3. The van der Waals surface area contributed by atoms with Crippen molar-refractivity contribution in [3.05, 3.63) is 96.6 Å². The molecule has 4 aromatic carbocycles. The lowest BCUT2D eigenvalue weighted by atomic mass is 10.1. The van der Waals surface area contributed by atoms with Crippen LogP contribution in [0, 0.1) is 0 Å². The number of amides is 1. The average molecular weight is 504 g/mol. The van der Waals surface area contributed by atoms with Crippen molar-refractivity contribution < 1.29 is 18.7 Å². The summed E-state index contributed by atoms with van der Waals surface area (Å²) in [4.78, 5) is 30.6. The number of rotatable bonds is 6. The molecule has 2 heterocycles. The second-order valence-corrected chi connectivity index (χ2v) is 9.06. The van der Waals surface area contributed by atoms with Crippen molar-refractivity contribution in [3.8, 4) is 11.5 Å². The number of oxazole rings is 1. The number of carbonyl (C=O) groups excluding carboxylic acids is 2. The molecular weight excluding hydrogens is 478 g/mol. The molecule has 0 aliphatic carbocycles. The van der Waals surface area contributed by atoms with Crippen LogP contribution in [-0.4, -0.2) is 27.5 Å². The van der Waals surface area contributed by atoms with Gasteiger partial charge in [-0.25, -0.2) is 9.78 Å². The quantitative estimate of drug-likeness (QED) is 0.252. The molecule has 1 atom stereocenters. The highest BCUT2D eigenvalue weighted by molar-refractivity contribution is 6.10. The van der Waals surface area contributed by atoms with Crippen LogP contribution in [0.25, 0.3) is 44.4 Å². The van der Waals surface area contributed by atoms with Crippen molar-refractivity contribution in [3.63, 3.8) is 0 Å². The van der Waals surface area contributed by atoms with Crippen LogP contribution in [0.5, 0.6) is 0 Å². The minimum atomic E-state index is -1.02. The Morgan fingerprint density at radius 3 is 2.50 bits per heavy atom. The van der Waals surface area contributed by atoms with Gasteiger partial charge in [-0.05, 0) is 62.4 Å². The van der Waals surface area contributed by atoms with E-state index in [-0.39, 0.29) is 5.56 Å². The van der Waals surface area contributed by atoms with E-state index in [4.69, 9.17) is 9.15 Å². The third kappa shape index (κ3) is 4.08. The van der Waals surface area contributed by atoms with Crippen LogP contribution in [0.1, 0.15) is 24.2 Å². The smallest absolute Gasteiger partial charge is 0.339 e. The molecule has 0 radical (unpaired) electrons. The molecule has 0 bridgehead atoms. The van der Waals surface area contributed by atoms with Gasteiger partial charge in [0, 0.05) is 34.0 Å². The summed E-state index contributed by atoms with van der Waals surface area (Å²) in [6.45, 7) is 4.50. The lowest BCUT2D eigenvalue weighted by Crippen LogP contribution is -2.30. The SMILES string of the molecule is CCn1c2ccccc2c2cc(NC(=O)C(C)OC(=O)c3ccccc3-c3nc4ccccc4o3)ccc21. The lowest BCUT2D eigenvalue weighted by Gasteiger charge is -2.15. The van der Waals surface area contributed by atoms with E-state index < -0.39 is 18.0 Å². The van der Waals surface area contributed by atoms with Gasteiger partial charge < -0.3 is 19.0 Å². The number of fused-ring (bicyclic) bond motifs is 4. The Morgan fingerprint density at radius 2 is 1.66 bits per heavy atom. The zero-order chi connectivity index (χ0) is 26.2. The Balaban J connectivity index is 1.22. The lowest BCUT2D eigenvalue weighted by molar-refractivity contribution is -0.123. The molecule has 7 nitrogen and oxygen atoms in total. The van der Waals surface area contributed by atoms with Crippen molar-refractivity contribution in [1.82, 2.24) is 9.55 Å². The first-order valence-corrected chi connectivity index (χ1v) is 12.5. The van der Waals surface area contributed by atoms with Crippen molar-refractivity contribution >= 4 is 50.5 Å². The van der Waals surface area contributed by atoms with Gasteiger partial charge in [-0.2, -0.15) is 0 Å². The Morgan fingerprint density at radius 1 is 0.921 bits per heavy atom. The van der Waals surface area contributed by atoms with E-state index in [2.05, 4.69) is 33.9 Å². The number of nitrogens with one attached hydrogen (secondary N) is 1. The van der Waals surface area contributed by atoms with Crippen LogP contribution < -0.4 is 5.32 Å². The highest BCUT2D eigenvalue weighted by Crippen LogP contribution is 2.31. The molecule has 0 saturated heterocycles. The van der Waals surface area contributed by atoms with Gasteiger partial charge in [0.2, 0.25) is 5.89 Å². The largest absolute Gasteiger partial charge is 0.449 e. The van der Waals surface area contributed by atoms with Gasteiger partial charge in [0.1, 0.15) is 5.52 Å². The van der Waals surface area contributed by atoms with E-state index in [9.17, 15) is 9.59 Å². The van der Waals surface area contributed by atoms with E-state index in [1.165, 1.54) is 0 Å². The summed E-state index contributed by atoms with van der Waals surface area (Å²) in [5, 5.41) is 5.06. The number of benzene rings is 4. The van der Waals surface area contributed by atoms with Crippen molar-refractivity contribution in [2.75, 3.05) is 5.32 Å². The second kappa shape index (κ2) is 9.52. The molecule has 188 valence electrons. The van der Waals surface area contributed by atoms with Crippen molar-refractivity contribution in [2.24, 2.45) is 0 Å². The first kappa shape index (κ1) is 23.5. The van der Waals surface area contributed by atoms with Gasteiger partial charge in [0.25, 0.3) is 5.91 Å². The third-order valence-electron chi connectivity index (χ3n) is 6.68. The van der Waals surface area contributed by atoms with Gasteiger partial charge >= 0.3 is 5.97 Å². The number of para-hydroxylation sites is 3. The van der Waals surface area contributed by atoms with E-state index in [0.29, 0.717) is 28.2 Å². The van der Waals surface area contributed by atoms with Crippen LogP contribution >= 0.6 is 0 Å². The van der Waals surface area contributed by atoms with Gasteiger partial charge in [-0.15, -0.1) is 0 Å². The molecule has 0 spiro atoms. The number of anilines is 1. The molecule has 0 fully saturated rings. The Hall–Kier alpha value is -4.91. The highest BCUT2D eigenvalue weighted by atomic mass is 16.5. The fourth-order valence-corrected chi connectivity index (χ4v) is 4.83. The van der Waals surface area contributed by atoms with Crippen LogP contribution in [0.2, 0.25) is 0 Å². The van der Waals surface area contributed by atoms with Crippen LogP contribution in [-0.2, 0) is 16.1 Å². The molecule has 1 amide bonds. The summed E-state index contributed by atoms with van der Waals surface area (Å²) in [6.07, 6.45) is -1.02. The van der Waals surface area contributed by atoms with Crippen molar-refractivity contribution in [2.45, 2.75) is 26.5 Å². The molecule has 0 saturated carbocycles. The average Bonchev–Trinajstić information content (AvgIpc) is 3.52. The number of hydrogen-bond acceptors (Lipinski definition) is 5. The maximum absolute atomic E-state index is 13.1. The molecule has 0 aliphatic heterocycles. The number of ether oxygens (including phenoxy) is 1. The Labute approximate surface area is 218 Å². The maximum atomic E-state index is 13.1. The molecule has 38 heavy (non-hydrogen) atoms. The predicted octanol–water partition coefficient (Wildman–Crippen LogP) is 6.81. The highest BCUT2D eigenvalue weighted by Gasteiger charge is 2.23. The molecule has 0 aliphatic rings. The number of nitrogens with zero attached hydrogens (tertiary/aromatic N) is 2. The molecule has 6 rings (SSSR count). The molecule has 1 unspecified atom stereocenters. The zero-order valence-electron chi connectivity index (χ0n) is 21.0. The molecule has 6 aromatic rings. The maximum Gasteiger partial charge on any atom is 0.339 e. The van der Waals surface area contributed by atoms with E-state index in [1.807, 2.05) is 54.6 Å². The molecule has 2 aromatic heterocycles. The first-order chi connectivity index (χ1) is 18.5. The summed E-state index contributed by atoms with van der Waals surface area (Å²) in [5.41, 5.74) is 4.97. The van der Waals surface area contributed by atoms with Crippen LogP contribution in [0.3, 0.4) is 0 Å². The zero-order valence-corrected chi connectivity index (χ0v) is 21.0. The summed E-state index contributed by atoms with van der Waals surface area (Å²) in [5.74, 6) is -0.737. The predicted molar refractivity (Wildman–Crippen MR) is 148 cm³/mol. The minimum absolute atomic E-state index is 0.271. The monoisotopic (exact) mass is 503 g/mol. The number of esters is 1. The Bertz CT molecular complexity index is 1800. The number of hydrogen-bond donors (Lipinski definition) is 1. The third-order valence-corrected chi connectivity index (χ3v) is 6.68. The normalized spacial score (nSPS) is 12.2. The standard InChI is InChI=1S/C31H25N3O4/c1-3-34-26-14-8-6-10-21(26)24-18-20(16-17-27(24)34)32-29(35)19(2)37-31(36)23-12-5-4-11-22(23)30-33-25-13-7-9-15-28(25)38-30/h4-19H,3H2,1-2H3,(H,32,35). The van der Waals surface area contributed by atoms with E-state index >= 15 is 0 Å². The van der Waals surface area contributed by atoms with E-state index in [0.717, 1.165) is 28.4 Å². The summed E-state index contributed by atoms with van der Waals surface area (Å²) in [7, 11) is 0. The van der Waals surface area contributed by atoms with Gasteiger partial charge in [0.05, 0.1) is 11.1 Å². The molecular formula is C31H25N3O4. The van der Waals surface area contributed by atoms with E-state index in [1.54, 1.807) is 31.2 Å². The van der Waals surface area contributed by atoms with Crippen LogP contribution in [0.15, 0.2) is 95.4 Å². The molecule has 1 N–H and O–H groups in total. The fraction of sp³-hybridized carbons (Fsp3) is 0.129. The second-order valence-electron chi connectivity index (χ2n) is 9.06. The first-order valence-electron chi connectivity index (χ1n) is 12.5. The number of aromatic nitrogens is 2. The van der Waals surface area contributed by atoms with Crippen molar-refractivity contribution in [1.29, 1.82) is 0 Å². The van der Waals surface area contributed by atoms with Crippen LogP contribution in [0.4, 0.5) is 5.69 Å². The summed E-state index contributed by atoms with van der Waals surface area (Å²) >= 11 is 0. The Kier molecular flexibility index (Phi) is 5.88. The number of aryl methyl sites for hydroxylation is 1.